The van der Waals surface area contributed by atoms with Gasteiger partial charge in [-0.3, -0.25) is 14.7 Å². The number of halogens is 2. The molecule has 1 aliphatic heterocycles. The van der Waals surface area contributed by atoms with E-state index in [1.165, 1.54) is 6.07 Å². The smallest absolute Gasteiger partial charge is 0.237 e. The van der Waals surface area contributed by atoms with Gasteiger partial charge in [-0.2, -0.15) is 0 Å². The molecule has 7 heteroatoms. The molecule has 0 unspecified atom stereocenters. The fourth-order valence-corrected chi connectivity index (χ4v) is 4.25. The van der Waals surface area contributed by atoms with Gasteiger partial charge in [0.1, 0.15) is 5.82 Å². The third-order valence-corrected chi connectivity index (χ3v) is 6.13. The van der Waals surface area contributed by atoms with Crippen molar-refractivity contribution >= 4 is 17.5 Å². The Kier molecular flexibility index (Phi) is 7.47. The lowest BCUT2D eigenvalue weighted by Crippen LogP contribution is -2.42. The van der Waals surface area contributed by atoms with E-state index in [9.17, 15) is 9.18 Å². The van der Waals surface area contributed by atoms with E-state index in [2.05, 4.69) is 20.5 Å². The van der Waals surface area contributed by atoms with Crippen molar-refractivity contribution in [2.24, 2.45) is 0 Å². The summed E-state index contributed by atoms with van der Waals surface area (Å²) in [5, 5.41) is 7.14. The van der Waals surface area contributed by atoms with Gasteiger partial charge in [-0.05, 0) is 35.7 Å². The van der Waals surface area contributed by atoms with Gasteiger partial charge >= 0.3 is 0 Å². The molecule has 5 nitrogen and oxygen atoms in total. The van der Waals surface area contributed by atoms with Crippen molar-refractivity contribution in [2.45, 2.75) is 38.1 Å². The fourth-order valence-electron chi connectivity index (χ4n) is 4.05. The Morgan fingerprint density at radius 3 is 2.59 bits per heavy atom. The Hall–Kier alpha value is -2.80. The predicted molar refractivity (Wildman–Crippen MR) is 123 cm³/mol. The zero-order chi connectivity index (χ0) is 22.3. The molecule has 32 heavy (non-hydrogen) atoms. The average Bonchev–Trinajstić information content (AvgIpc) is 3.22. The number of hydrogen-bond donors (Lipinski definition) is 2. The third kappa shape index (κ3) is 5.71. The zero-order valence-corrected chi connectivity index (χ0v) is 18.4. The second-order valence-corrected chi connectivity index (χ2v) is 8.43. The van der Waals surface area contributed by atoms with Gasteiger partial charge in [-0.25, -0.2) is 4.39 Å². The highest BCUT2D eigenvalue weighted by Gasteiger charge is 2.36. The molecule has 1 saturated heterocycles. The molecule has 0 bridgehead atoms. The van der Waals surface area contributed by atoms with Crippen LogP contribution in [0.3, 0.4) is 0 Å². The van der Waals surface area contributed by atoms with Gasteiger partial charge in [0, 0.05) is 55.2 Å². The topological polar surface area (TPSA) is 57.3 Å². The summed E-state index contributed by atoms with van der Waals surface area (Å²) in [5.41, 5.74) is 2.55. The van der Waals surface area contributed by atoms with Crippen LogP contribution in [0.4, 0.5) is 4.39 Å². The van der Waals surface area contributed by atoms with Crippen molar-refractivity contribution in [1.29, 1.82) is 0 Å². The standard InChI is InChI=1S/C25H26ClFN4O/c26-22-9-3-1-8-20(22)16-31-17-21(29-15-19-7-2-4-10-23(19)27)12-24(31)25(32)30-14-18-6-5-11-28-13-18/h1-11,13,21,24,29H,12,14-17H2,(H,30,32)/t21-,24-/m0/s1. The highest BCUT2D eigenvalue weighted by Crippen LogP contribution is 2.25. The van der Waals surface area contributed by atoms with Crippen LogP contribution in [0.15, 0.2) is 73.1 Å². The lowest BCUT2D eigenvalue weighted by molar-refractivity contribution is -0.125. The number of amides is 1. The van der Waals surface area contributed by atoms with Crippen LogP contribution in [-0.2, 0) is 24.4 Å². The maximum absolute atomic E-state index is 14.0. The Labute approximate surface area is 192 Å². The van der Waals surface area contributed by atoms with Crippen molar-refractivity contribution < 1.29 is 9.18 Å². The van der Waals surface area contributed by atoms with Gasteiger partial charge in [0.05, 0.1) is 6.04 Å². The van der Waals surface area contributed by atoms with Gasteiger partial charge in [-0.1, -0.05) is 54.1 Å². The highest BCUT2D eigenvalue weighted by atomic mass is 35.5. The van der Waals surface area contributed by atoms with Crippen LogP contribution in [0.1, 0.15) is 23.1 Å². The van der Waals surface area contributed by atoms with Crippen LogP contribution < -0.4 is 10.6 Å². The molecule has 166 valence electrons. The van der Waals surface area contributed by atoms with E-state index in [-0.39, 0.29) is 23.8 Å². The Balaban J connectivity index is 1.43. The lowest BCUT2D eigenvalue weighted by atomic mass is 10.1. The summed E-state index contributed by atoms with van der Waals surface area (Å²) in [7, 11) is 0. The Morgan fingerprint density at radius 2 is 1.84 bits per heavy atom. The maximum atomic E-state index is 14.0. The summed E-state index contributed by atoms with van der Waals surface area (Å²) in [6.07, 6.45) is 4.09. The molecule has 0 radical (unpaired) electrons. The molecule has 3 aromatic rings. The van der Waals surface area contributed by atoms with E-state index in [1.807, 2.05) is 42.5 Å². The summed E-state index contributed by atoms with van der Waals surface area (Å²) in [5.74, 6) is -0.257. The summed E-state index contributed by atoms with van der Waals surface area (Å²) in [4.78, 5) is 19.3. The first-order valence-corrected chi connectivity index (χ1v) is 11.1. The van der Waals surface area contributed by atoms with Gasteiger partial charge in [-0.15, -0.1) is 0 Å². The molecule has 2 N–H and O–H groups in total. The summed E-state index contributed by atoms with van der Waals surface area (Å²) in [6, 6.07) is 18.0. The summed E-state index contributed by atoms with van der Waals surface area (Å²) < 4.78 is 14.0. The maximum Gasteiger partial charge on any atom is 0.237 e. The minimum absolute atomic E-state index is 0.0314. The van der Waals surface area contributed by atoms with E-state index >= 15 is 0 Å². The summed E-state index contributed by atoms with van der Waals surface area (Å²) >= 11 is 6.37. The van der Waals surface area contributed by atoms with E-state index in [4.69, 9.17) is 11.6 Å². The Bertz CT molecular complexity index is 1050. The molecular formula is C25H26ClFN4O. The molecule has 0 aliphatic carbocycles. The van der Waals surface area contributed by atoms with Crippen molar-refractivity contribution in [3.05, 3.63) is 101 Å². The first-order valence-electron chi connectivity index (χ1n) is 10.7. The van der Waals surface area contributed by atoms with Crippen LogP contribution in [0.25, 0.3) is 0 Å². The van der Waals surface area contributed by atoms with Crippen molar-refractivity contribution in [2.75, 3.05) is 6.54 Å². The van der Waals surface area contributed by atoms with E-state index < -0.39 is 0 Å². The van der Waals surface area contributed by atoms with Crippen LogP contribution in [0.5, 0.6) is 0 Å². The Morgan fingerprint density at radius 1 is 1.06 bits per heavy atom. The predicted octanol–water partition coefficient (Wildman–Crippen LogP) is 3.92. The highest BCUT2D eigenvalue weighted by molar-refractivity contribution is 6.31. The van der Waals surface area contributed by atoms with Crippen LogP contribution >= 0.6 is 11.6 Å². The van der Waals surface area contributed by atoms with Crippen molar-refractivity contribution in [3.8, 4) is 0 Å². The number of nitrogens with zero attached hydrogens (tertiary/aromatic N) is 2. The number of pyridine rings is 1. The second-order valence-electron chi connectivity index (χ2n) is 8.02. The summed E-state index contributed by atoms with van der Waals surface area (Å²) in [6.45, 7) is 2.09. The SMILES string of the molecule is O=C(NCc1cccnc1)[C@@H]1C[C@H](NCc2ccccc2F)CN1Cc1ccccc1Cl. The molecular weight excluding hydrogens is 427 g/mol. The van der Waals surface area contributed by atoms with E-state index in [0.29, 0.717) is 43.2 Å². The molecule has 1 aliphatic rings. The number of aromatic nitrogens is 1. The molecule has 1 aromatic heterocycles. The molecule has 1 amide bonds. The fraction of sp³-hybridized carbons (Fsp3) is 0.280. The van der Waals surface area contributed by atoms with Crippen molar-refractivity contribution in [1.82, 2.24) is 20.5 Å². The minimum Gasteiger partial charge on any atom is -0.351 e. The third-order valence-electron chi connectivity index (χ3n) is 5.77. The van der Waals surface area contributed by atoms with Crippen LogP contribution in [0, 0.1) is 5.82 Å². The minimum atomic E-state index is -0.305. The second kappa shape index (κ2) is 10.7. The largest absolute Gasteiger partial charge is 0.351 e. The first kappa shape index (κ1) is 22.4. The number of benzene rings is 2. The molecule has 2 atom stereocenters. The van der Waals surface area contributed by atoms with E-state index in [0.717, 1.165) is 11.1 Å². The van der Waals surface area contributed by atoms with Crippen LogP contribution in [-0.4, -0.2) is 34.4 Å². The quantitative estimate of drug-likeness (QED) is 0.544. The van der Waals surface area contributed by atoms with Crippen LogP contribution in [0.2, 0.25) is 5.02 Å². The number of hydrogen-bond acceptors (Lipinski definition) is 4. The molecule has 0 saturated carbocycles. The first-order chi connectivity index (χ1) is 15.6. The molecule has 1 fully saturated rings. The van der Waals surface area contributed by atoms with Gasteiger partial charge < -0.3 is 10.6 Å². The normalized spacial score (nSPS) is 18.6. The van der Waals surface area contributed by atoms with Gasteiger partial charge in [0.15, 0.2) is 0 Å². The monoisotopic (exact) mass is 452 g/mol. The van der Waals surface area contributed by atoms with Gasteiger partial charge in [0.2, 0.25) is 5.91 Å². The molecule has 0 spiro atoms. The number of likely N-dealkylation sites (tertiary alicyclic amines) is 1. The number of carbonyl (C=O) groups is 1. The zero-order valence-electron chi connectivity index (χ0n) is 17.7. The van der Waals surface area contributed by atoms with Crippen molar-refractivity contribution in [3.63, 3.8) is 0 Å². The molecule has 2 heterocycles. The lowest BCUT2D eigenvalue weighted by Gasteiger charge is -2.24. The van der Waals surface area contributed by atoms with E-state index in [1.54, 1.807) is 24.5 Å². The number of nitrogens with one attached hydrogen (secondary N) is 2. The molecule has 2 aromatic carbocycles. The number of rotatable bonds is 8. The average molecular weight is 453 g/mol. The van der Waals surface area contributed by atoms with Gasteiger partial charge in [0.25, 0.3) is 0 Å². The number of carbonyl (C=O) groups excluding carboxylic acids is 1. The molecule has 4 rings (SSSR count).